The molecule has 0 saturated carbocycles. The molecule has 1 aliphatic heterocycles. The number of aromatic nitrogens is 5. The normalized spacial score (nSPS) is 18.0. The number of methoxy groups -OCH3 is 1. The van der Waals surface area contributed by atoms with E-state index < -0.39 is 5.97 Å². The fourth-order valence-corrected chi connectivity index (χ4v) is 2.84. The maximum Gasteiger partial charge on any atom is 0.358 e. The summed E-state index contributed by atoms with van der Waals surface area (Å²) in [5.41, 5.74) is -0.0340. The molecule has 0 amide bonds. The van der Waals surface area contributed by atoms with Gasteiger partial charge in [0.2, 0.25) is 0 Å². The van der Waals surface area contributed by atoms with E-state index in [-0.39, 0.29) is 5.69 Å². The Bertz CT molecular complexity index is 689. The molecule has 1 fully saturated rings. The molecule has 0 spiro atoms. The number of rotatable bonds is 5. The Balaban J connectivity index is 1.69. The van der Waals surface area contributed by atoms with E-state index in [1.165, 1.54) is 6.20 Å². The molecule has 1 saturated heterocycles. The number of ether oxygens (including phenoxy) is 1. The lowest BCUT2D eigenvalue weighted by atomic mass is 9.98. The van der Waals surface area contributed by atoms with Gasteiger partial charge in [0.05, 0.1) is 13.3 Å². The predicted molar refractivity (Wildman–Crippen MR) is 80.5 cm³/mol. The Hall–Kier alpha value is -2.71. The SMILES string of the molecule is COc1nccnc1N1CCCC(Cn2cc(C(=O)O)nn2)C1. The Morgan fingerprint density at radius 3 is 3.00 bits per heavy atom. The van der Waals surface area contributed by atoms with Gasteiger partial charge in [0.1, 0.15) is 0 Å². The average Bonchev–Trinajstić information content (AvgIpc) is 3.04. The summed E-state index contributed by atoms with van der Waals surface area (Å²) in [6, 6.07) is 0. The Morgan fingerprint density at radius 1 is 1.43 bits per heavy atom. The van der Waals surface area contributed by atoms with Crippen LogP contribution in [0.5, 0.6) is 5.88 Å². The standard InChI is InChI=1S/C14H18N6O3/c1-23-13-12(15-4-5-16-13)19-6-2-3-10(7-19)8-20-9-11(14(21)22)17-18-20/h4-5,9-10H,2-3,6-8H2,1H3,(H,21,22). The summed E-state index contributed by atoms with van der Waals surface area (Å²) in [6.45, 7) is 2.31. The van der Waals surface area contributed by atoms with E-state index in [1.807, 2.05) is 0 Å². The first kappa shape index (κ1) is 15.2. The van der Waals surface area contributed by atoms with Gasteiger partial charge in [0.15, 0.2) is 11.5 Å². The highest BCUT2D eigenvalue weighted by Gasteiger charge is 2.24. The third kappa shape index (κ3) is 3.38. The molecule has 3 rings (SSSR count). The van der Waals surface area contributed by atoms with Gasteiger partial charge in [-0.2, -0.15) is 0 Å². The topological polar surface area (TPSA) is 106 Å². The van der Waals surface area contributed by atoms with Crippen LogP contribution < -0.4 is 9.64 Å². The molecule has 2 aromatic heterocycles. The van der Waals surface area contributed by atoms with Crippen LogP contribution in [0.4, 0.5) is 5.82 Å². The van der Waals surface area contributed by atoms with E-state index in [4.69, 9.17) is 9.84 Å². The fourth-order valence-electron chi connectivity index (χ4n) is 2.84. The van der Waals surface area contributed by atoms with Gasteiger partial charge in [-0.3, -0.25) is 4.68 Å². The fraction of sp³-hybridized carbons (Fsp3) is 0.500. The molecule has 23 heavy (non-hydrogen) atoms. The third-order valence-corrected chi connectivity index (χ3v) is 3.86. The largest absolute Gasteiger partial charge is 0.478 e. The lowest BCUT2D eigenvalue weighted by Gasteiger charge is -2.33. The molecule has 0 radical (unpaired) electrons. The van der Waals surface area contributed by atoms with Crippen molar-refractivity contribution in [1.82, 2.24) is 25.0 Å². The third-order valence-electron chi connectivity index (χ3n) is 3.86. The van der Waals surface area contributed by atoms with E-state index in [0.29, 0.717) is 18.3 Å². The van der Waals surface area contributed by atoms with E-state index in [1.54, 1.807) is 24.2 Å². The van der Waals surface area contributed by atoms with Crippen molar-refractivity contribution in [2.45, 2.75) is 19.4 Å². The van der Waals surface area contributed by atoms with Crippen molar-refractivity contribution in [3.8, 4) is 5.88 Å². The molecule has 2 aromatic rings. The van der Waals surface area contributed by atoms with Crippen molar-refractivity contribution in [3.05, 3.63) is 24.3 Å². The van der Waals surface area contributed by atoms with Gasteiger partial charge in [-0.05, 0) is 18.8 Å². The summed E-state index contributed by atoms with van der Waals surface area (Å²) < 4.78 is 6.86. The number of nitrogens with zero attached hydrogens (tertiary/aromatic N) is 6. The Labute approximate surface area is 132 Å². The summed E-state index contributed by atoms with van der Waals surface area (Å²) in [6.07, 6.45) is 6.78. The summed E-state index contributed by atoms with van der Waals surface area (Å²) in [5, 5.41) is 16.4. The van der Waals surface area contributed by atoms with Crippen molar-refractivity contribution in [1.29, 1.82) is 0 Å². The van der Waals surface area contributed by atoms with E-state index in [9.17, 15) is 4.79 Å². The first-order chi connectivity index (χ1) is 11.2. The molecule has 9 nitrogen and oxygen atoms in total. The smallest absolute Gasteiger partial charge is 0.358 e. The molecule has 0 bridgehead atoms. The van der Waals surface area contributed by atoms with Crippen LogP contribution in [0.15, 0.2) is 18.6 Å². The minimum Gasteiger partial charge on any atom is -0.478 e. The zero-order valence-electron chi connectivity index (χ0n) is 12.8. The summed E-state index contributed by atoms with van der Waals surface area (Å²) in [4.78, 5) is 21.6. The van der Waals surface area contributed by atoms with Gasteiger partial charge < -0.3 is 14.7 Å². The number of anilines is 1. The summed E-state index contributed by atoms with van der Waals surface area (Å²) in [7, 11) is 1.58. The number of hydrogen-bond acceptors (Lipinski definition) is 7. The highest BCUT2D eigenvalue weighted by Crippen LogP contribution is 2.27. The van der Waals surface area contributed by atoms with Gasteiger partial charge in [-0.25, -0.2) is 14.8 Å². The second kappa shape index (κ2) is 6.59. The van der Waals surface area contributed by atoms with Crippen LogP contribution in [0.25, 0.3) is 0 Å². The number of carbonyl (C=O) groups is 1. The summed E-state index contributed by atoms with van der Waals surface area (Å²) in [5.74, 6) is 0.524. The summed E-state index contributed by atoms with van der Waals surface area (Å²) >= 11 is 0. The molecule has 1 unspecified atom stereocenters. The van der Waals surface area contributed by atoms with Gasteiger partial charge in [-0.15, -0.1) is 5.10 Å². The molecule has 1 aliphatic rings. The van der Waals surface area contributed by atoms with Crippen LogP contribution in [0.1, 0.15) is 23.3 Å². The van der Waals surface area contributed by atoms with Gasteiger partial charge >= 0.3 is 5.97 Å². The molecule has 122 valence electrons. The monoisotopic (exact) mass is 318 g/mol. The Kier molecular flexibility index (Phi) is 4.35. The maximum atomic E-state index is 10.9. The van der Waals surface area contributed by atoms with Gasteiger partial charge in [0, 0.05) is 32.0 Å². The Morgan fingerprint density at radius 2 is 2.26 bits per heavy atom. The minimum absolute atomic E-state index is 0.0340. The predicted octanol–water partition coefficient (Wildman–Crippen LogP) is 0.692. The minimum atomic E-state index is -1.06. The molecule has 9 heteroatoms. The van der Waals surface area contributed by atoms with Crippen molar-refractivity contribution < 1.29 is 14.6 Å². The number of aromatic carboxylic acids is 1. The molecule has 0 aliphatic carbocycles. The zero-order chi connectivity index (χ0) is 16.2. The van der Waals surface area contributed by atoms with Crippen molar-refractivity contribution >= 4 is 11.8 Å². The average molecular weight is 318 g/mol. The van der Waals surface area contributed by atoms with E-state index in [0.717, 1.165) is 31.7 Å². The van der Waals surface area contributed by atoms with E-state index >= 15 is 0 Å². The van der Waals surface area contributed by atoms with Crippen molar-refractivity contribution in [3.63, 3.8) is 0 Å². The zero-order valence-corrected chi connectivity index (χ0v) is 12.8. The molecule has 0 aromatic carbocycles. The second-order valence-corrected chi connectivity index (χ2v) is 5.47. The lowest BCUT2D eigenvalue weighted by molar-refractivity contribution is 0.0690. The van der Waals surface area contributed by atoms with Crippen LogP contribution in [-0.4, -0.2) is 56.2 Å². The molecule has 3 heterocycles. The lowest BCUT2D eigenvalue weighted by Crippen LogP contribution is -2.38. The van der Waals surface area contributed by atoms with Crippen molar-refractivity contribution in [2.75, 3.05) is 25.1 Å². The van der Waals surface area contributed by atoms with Crippen molar-refractivity contribution in [2.24, 2.45) is 5.92 Å². The van der Waals surface area contributed by atoms with Crippen LogP contribution in [0, 0.1) is 5.92 Å². The molecular formula is C14H18N6O3. The number of carboxylic acid groups (broad SMARTS) is 1. The molecule has 1 N–H and O–H groups in total. The van der Waals surface area contributed by atoms with Gasteiger partial charge in [0.25, 0.3) is 5.88 Å². The maximum absolute atomic E-state index is 10.9. The highest BCUT2D eigenvalue weighted by molar-refractivity contribution is 5.84. The number of hydrogen-bond donors (Lipinski definition) is 1. The second-order valence-electron chi connectivity index (χ2n) is 5.47. The van der Waals surface area contributed by atoms with Crippen LogP contribution >= 0.6 is 0 Å². The van der Waals surface area contributed by atoms with Crippen LogP contribution in [0.2, 0.25) is 0 Å². The first-order valence-electron chi connectivity index (χ1n) is 7.40. The highest BCUT2D eigenvalue weighted by atomic mass is 16.5. The number of piperidine rings is 1. The molecular weight excluding hydrogens is 300 g/mol. The van der Waals surface area contributed by atoms with E-state index in [2.05, 4.69) is 25.2 Å². The first-order valence-corrected chi connectivity index (χ1v) is 7.40. The van der Waals surface area contributed by atoms with Crippen LogP contribution in [0.3, 0.4) is 0 Å². The quantitative estimate of drug-likeness (QED) is 0.858. The van der Waals surface area contributed by atoms with Gasteiger partial charge in [-0.1, -0.05) is 5.21 Å². The van der Waals surface area contributed by atoms with Crippen LogP contribution in [-0.2, 0) is 6.54 Å². The number of carboxylic acids is 1. The molecule has 1 atom stereocenters.